The van der Waals surface area contributed by atoms with Crippen LogP contribution in [0.5, 0.6) is 0 Å². The molecule has 0 unspecified atom stereocenters. The Labute approximate surface area is 163 Å². The van der Waals surface area contributed by atoms with Crippen LogP contribution in [0, 0.1) is 0 Å². The summed E-state index contributed by atoms with van der Waals surface area (Å²) in [5.41, 5.74) is 1.66. The van der Waals surface area contributed by atoms with Gasteiger partial charge in [0.25, 0.3) is 5.56 Å². The molecular formula is C20H15ClN4O3. The van der Waals surface area contributed by atoms with E-state index >= 15 is 0 Å². The molecule has 0 amide bonds. The smallest absolute Gasteiger partial charge is 0.320 e. The number of ketones is 1. The maximum absolute atomic E-state index is 12.5. The molecule has 0 bridgehead atoms. The fourth-order valence-electron chi connectivity index (χ4n) is 3.03. The Kier molecular flexibility index (Phi) is 4.44. The topological polar surface area (TPSA) is 89.8 Å². The normalized spacial score (nSPS) is 11.1. The van der Waals surface area contributed by atoms with E-state index in [1.807, 2.05) is 12.1 Å². The summed E-state index contributed by atoms with van der Waals surface area (Å²) in [5.74, 6) is -0.0947. The molecule has 0 saturated carbocycles. The standard InChI is InChI=1S/C20H15ClN4O3/c1-24-18-16(19(27)23-20(24)28)25(11-22-18)10-12-2-4-13(5-3-12)17(26)14-6-8-15(21)9-7-14/h2-9,11H,10H2,1H3,(H,23,27,28). The average molecular weight is 395 g/mol. The van der Waals surface area contributed by atoms with Crippen LogP contribution >= 0.6 is 11.6 Å². The Morgan fingerprint density at radius 2 is 1.64 bits per heavy atom. The lowest BCUT2D eigenvalue weighted by Crippen LogP contribution is -2.29. The maximum Gasteiger partial charge on any atom is 0.329 e. The monoisotopic (exact) mass is 394 g/mol. The second-order valence-corrected chi connectivity index (χ2v) is 6.83. The van der Waals surface area contributed by atoms with Crippen molar-refractivity contribution < 1.29 is 4.79 Å². The summed E-state index contributed by atoms with van der Waals surface area (Å²) in [6, 6.07) is 13.9. The number of aryl methyl sites for hydroxylation is 1. The van der Waals surface area contributed by atoms with Crippen LogP contribution in [0.1, 0.15) is 21.5 Å². The Hall–Kier alpha value is -3.45. The number of carbonyl (C=O) groups excluding carboxylic acids is 1. The number of aromatic nitrogens is 4. The van der Waals surface area contributed by atoms with Gasteiger partial charge in [-0.2, -0.15) is 0 Å². The van der Waals surface area contributed by atoms with E-state index in [1.54, 1.807) is 48.0 Å². The Morgan fingerprint density at radius 1 is 1.04 bits per heavy atom. The van der Waals surface area contributed by atoms with Crippen molar-refractivity contribution in [3.8, 4) is 0 Å². The number of carbonyl (C=O) groups is 1. The van der Waals surface area contributed by atoms with Gasteiger partial charge in [-0.05, 0) is 29.8 Å². The molecule has 0 aliphatic carbocycles. The summed E-state index contributed by atoms with van der Waals surface area (Å²) in [6.07, 6.45) is 1.52. The highest BCUT2D eigenvalue weighted by Gasteiger charge is 2.13. The van der Waals surface area contributed by atoms with E-state index in [9.17, 15) is 14.4 Å². The predicted molar refractivity (Wildman–Crippen MR) is 106 cm³/mol. The SMILES string of the molecule is Cn1c(=O)[nH]c(=O)c2c1ncn2Cc1ccc(C(=O)c2ccc(Cl)cc2)cc1. The summed E-state index contributed by atoms with van der Waals surface area (Å²) in [5, 5.41) is 0.576. The fourth-order valence-corrected chi connectivity index (χ4v) is 3.16. The van der Waals surface area contributed by atoms with Gasteiger partial charge in [-0.15, -0.1) is 0 Å². The molecule has 8 heteroatoms. The quantitative estimate of drug-likeness (QED) is 0.538. The molecule has 7 nitrogen and oxygen atoms in total. The number of nitrogens with zero attached hydrogens (tertiary/aromatic N) is 3. The summed E-state index contributed by atoms with van der Waals surface area (Å²) in [6.45, 7) is 0.382. The third kappa shape index (κ3) is 3.16. The molecule has 2 aromatic heterocycles. The van der Waals surface area contributed by atoms with Crippen molar-refractivity contribution in [2.45, 2.75) is 6.54 Å². The third-order valence-corrected chi connectivity index (χ3v) is 4.80. The number of fused-ring (bicyclic) bond motifs is 1. The van der Waals surface area contributed by atoms with E-state index in [0.29, 0.717) is 33.9 Å². The van der Waals surface area contributed by atoms with E-state index in [-0.39, 0.29) is 5.78 Å². The minimum Gasteiger partial charge on any atom is -0.320 e. The zero-order valence-corrected chi connectivity index (χ0v) is 15.6. The second-order valence-electron chi connectivity index (χ2n) is 6.40. The van der Waals surface area contributed by atoms with Crippen LogP contribution in [-0.4, -0.2) is 24.9 Å². The molecule has 0 aliphatic rings. The Morgan fingerprint density at radius 3 is 2.29 bits per heavy atom. The number of H-pyrrole nitrogens is 1. The lowest BCUT2D eigenvalue weighted by Gasteiger charge is -2.06. The zero-order valence-electron chi connectivity index (χ0n) is 14.8. The van der Waals surface area contributed by atoms with Crippen molar-refractivity contribution >= 4 is 28.5 Å². The van der Waals surface area contributed by atoms with Crippen LogP contribution in [0.4, 0.5) is 0 Å². The number of rotatable bonds is 4. The first-order valence-corrected chi connectivity index (χ1v) is 8.85. The van der Waals surface area contributed by atoms with E-state index in [2.05, 4.69) is 9.97 Å². The molecule has 28 heavy (non-hydrogen) atoms. The fraction of sp³-hybridized carbons (Fsp3) is 0.100. The van der Waals surface area contributed by atoms with Crippen molar-refractivity contribution in [1.29, 1.82) is 0 Å². The zero-order chi connectivity index (χ0) is 19.8. The number of nitrogens with one attached hydrogen (secondary N) is 1. The molecule has 0 radical (unpaired) electrons. The summed E-state index contributed by atoms with van der Waals surface area (Å²) in [7, 11) is 1.55. The highest BCUT2D eigenvalue weighted by Crippen LogP contribution is 2.16. The van der Waals surface area contributed by atoms with Crippen LogP contribution in [0.3, 0.4) is 0 Å². The lowest BCUT2D eigenvalue weighted by molar-refractivity contribution is 0.103. The third-order valence-electron chi connectivity index (χ3n) is 4.55. The van der Waals surface area contributed by atoms with Gasteiger partial charge in [0.2, 0.25) is 0 Å². The molecule has 4 aromatic rings. The van der Waals surface area contributed by atoms with E-state index in [4.69, 9.17) is 11.6 Å². The number of hydrogen-bond acceptors (Lipinski definition) is 4. The van der Waals surface area contributed by atoms with Gasteiger partial charge in [-0.1, -0.05) is 35.9 Å². The van der Waals surface area contributed by atoms with E-state index in [0.717, 1.165) is 5.56 Å². The van der Waals surface area contributed by atoms with Gasteiger partial charge < -0.3 is 4.57 Å². The highest BCUT2D eigenvalue weighted by atomic mass is 35.5. The van der Waals surface area contributed by atoms with Crippen LogP contribution < -0.4 is 11.2 Å². The van der Waals surface area contributed by atoms with Gasteiger partial charge in [-0.3, -0.25) is 19.1 Å². The molecule has 2 aromatic carbocycles. The van der Waals surface area contributed by atoms with Crippen LogP contribution in [0.25, 0.3) is 11.2 Å². The molecule has 0 atom stereocenters. The van der Waals surface area contributed by atoms with Crippen molar-refractivity contribution in [2.24, 2.45) is 7.05 Å². The van der Waals surface area contributed by atoms with Gasteiger partial charge in [0.1, 0.15) is 0 Å². The number of aromatic amines is 1. The first-order chi connectivity index (χ1) is 13.4. The van der Waals surface area contributed by atoms with Gasteiger partial charge in [0, 0.05) is 29.7 Å². The van der Waals surface area contributed by atoms with Crippen LogP contribution in [0.15, 0.2) is 64.4 Å². The molecule has 4 rings (SSSR count). The van der Waals surface area contributed by atoms with Gasteiger partial charge in [0.15, 0.2) is 16.9 Å². The molecule has 0 saturated heterocycles. The number of hydrogen-bond donors (Lipinski definition) is 1. The Bertz CT molecular complexity index is 1300. The summed E-state index contributed by atoms with van der Waals surface area (Å²) in [4.78, 5) is 42.8. The Balaban J connectivity index is 1.62. The molecule has 1 N–H and O–H groups in total. The molecular weight excluding hydrogens is 380 g/mol. The predicted octanol–water partition coefficient (Wildman–Crippen LogP) is 2.36. The minimum atomic E-state index is -0.507. The second kappa shape index (κ2) is 6.94. The first-order valence-electron chi connectivity index (χ1n) is 8.47. The van der Waals surface area contributed by atoms with Crippen molar-refractivity contribution in [2.75, 3.05) is 0 Å². The maximum atomic E-state index is 12.5. The van der Waals surface area contributed by atoms with Crippen LogP contribution in [0.2, 0.25) is 5.02 Å². The number of benzene rings is 2. The van der Waals surface area contributed by atoms with E-state index < -0.39 is 11.2 Å². The lowest BCUT2D eigenvalue weighted by atomic mass is 10.0. The molecule has 0 fully saturated rings. The van der Waals surface area contributed by atoms with Crippen LogP contribution in [-0.2, 0) is 13.6 Å². The summed E-state index contributed by atoms with van der Waals surface area (Å²) >= 11 is 5.86. The van der Waals surface area contributed by atoms with Crippen molar-refractivity contribution in [3.63, 3.8) is 0 Å². The highest BCUT2D eigenvalue weighted by molar-refractivity contribution is 6.30. The van der Waals surface area contributed by atoms with Gasteiger partial charge in [-0.25, -0.2) is 9.78 Å². The van der Waals surface area contributed by atoms with E-state index in [1.165, 1.54) is 10.9 Å². The molecule has 2 heterocycles. The first kappa shape index (κ1) is 17.9. The summed E-state index contributed by atoms with van der Waals surface area (Å²) < 4.78 is 2.96. The molecule has 0 aliphatic heterocycles. The molecule has 0 spiro atoms. The average Bonchev–Trinajstić information content (AvgIpc) is 3.11. The van der Waals surface area contributed by atoms with Crippen molar-refractivity contribution in [1.82, 2.24) is 19.1 Å². The van der Waals surface area contributed by atoms with Gasteiger partial charge in [0.05, 0.1) is 6.33 Å². The number of imidazole rings is 1. The largest absolute Gasteiger partial charge is 0.329 e. The molecule has 140 valence electrons. The minimum absolute atomic E-state index is 0.0947. The van der Waals surface area contributed by atoms with Crippen molar-refractivity contribution in [3.05, 3.63) is 97.4 Å². The van der Waals surface area contributed by atoms with Gasteiger partial charge >= 0.3 is 5.69 Å². The number of halogens is 1.